The summed E-state index contributed by atoms with van der Waals surface area (Å²) < 4.78 is 0. The second kappa shape index (κ2) is 7.58. The average Bonchev–Trinajstić information content (AvgIpc) is 3.03. The van der Waals surface area contributed by atoms with E-state index >= 15 is 0 Å². The number of benzene rings is 2. The van der Waals surface area contributed by atoms with Crippen LogP contribution in [0.5, 0.6) is 0 Å². The van der Waals surface area contributed by atoms with E-state index < -0.39 is 0 Å². The third-order valence-corrected chi connectivity index (χ3v) is 7.05. The molecule has 3 aliphatic rings. The molecule has 0 unspecified atom stereocenters. The first-order valence-electron chi connectivity index (χ1n) is 11.0. The molecule has 2 aromatic rings. The fraction of sp³-hybridized carbons (Fsp3) is 0.480. The maximum Gasteiger partial charge on any atom is 0.156 e. The second-order valence-electron chi connectivity index (χ2n) is 9.03. The molecule has 1 N–H and O–H groups in total. The fourth-order valence-corrected chi connectivity index (χ4v) is 5.58. The Labute approximate surface area is 173 Å². The maximum atomic E-state index is 12.2. The van der Waals surface area contributed by atoms with Gasteiger partial charge in [0.2, 0.25) is 0 Å². The van der Waals surface area contributed by atoms with Crippen molar-refractivity contribution in [1.29, 1.82) is 0 Å². The lowest BCUT2D eigenvalue weighted by molar-refractivity contribution is -0.117. The summed E-state index contributed by atoms with van der Waals surface area (Å²) in [5.41, 5.74) is 6.28. The van der Waals surface area contributed by atoms with Crippen LogP contribution in [-0.4, -0.2) is 48.0 Å². The number of ketones is 1. The molecule has 0 bridgehead atoms. The number of hydrogen-bond acceptors (Lipinski definition) is 4. The van der Waals surface area contributed by atoms with Crippen LogP contribution in [0.25, 0.3) is 0 Å². The van der Waals surface area contributed by atoms with Gasteiger partial charge in [0, 0.05) is 37.2 Å². The van der Waals surface area contributed by atoms with E-state index in [1.54, 1.807) is 0 Å². The lowest BCUT2D eigenvalue weighted by Gasteiger charge is -2.39. The normalized spacial score (nSPS) is 24.3. The molecule has 4 heteroatoms. The Hall–Kier alpha value is -2.17. The summed E-state index contributed by atoms with van der Waals surface area (Å²) >= 11 is 0. The number of hydrogen-bond donors (Lipinski definition) is 1. The summed E-state index contributed by atoms with van der Waals surface area (Å²) in [7, 11) is 0. The molecule has 0 aliphatic carbocycles. The van der Waals surface area contributed by atoms with Gasteiger partial charge in [-0.1, -0.05) is 48.0 Å². The highest BCUT2D eigenvalue weighted by Crippen LogP contribution is 2.47. The number of anilines is 1. The van der Waals surface area contributed by atoms with Crippen molar-refractivity contribution in [1.82, 2.24) is 4.90 Å². The van der Waals surface area contributed by atoms with E-state index in [9.17, 15) is 9.90 Å². The molecule has 5 rings (SSSR count). The quantitative estimate of drug-likeness (QED) is 0.847. The van der Waals surface area contributed by atoms with Gasteiger partial charge in [-0.05, 0) is 49.4 Å². The van der Waals surface area contributed by atoms with Crippen molar-refractivity contribution < 1.29 is 9.90 Å². The van der Waals surface area contributed by atoms with Crippen molar-refractivity contribution in [3.63, 3.8) is 0 Å². The van der Waals surface area contributed by atoms with Crippen LogP contribution in [0.2, 0.25) is 0 Å². The van der Waals surface area contributed by atoms with Crippen LogP contribution in [-0.2, 0) is 11.2 Å². The number of para-hydroxylation sites is 1. The number of likely N-dealkylation sites (tertiary alicyclic amines) is 1. The number of aliphatic hydroxyl groups excluding tert-OH is 1. The molecular formula is C25H30N2O2. The number of rotatable bonds is 5. The molecule has 0 spiro atoms. The van der Waals surface area contributed by atoms with Crippen LogP contribution in [0.4, 0.5) is 5.69 Å². The average molecular weight is 391 g/mol. The largest absolute Gasteiger partial charge is 0.388 e. The van der Waals surface area contributed by atoms with Crippen molar-refractivity contribution in [3.8, 4) is 0 Å². The first kappa shape index (κ1) is 18.8. The summed E-state index contributed by atoms with van der Waals surface area (Å²) in [5.74, 6) is 0.856. The van der Waals surface area contributed by atoms with E-state index in [0.717, 1.165) is 44.5 Å². The van der Waals surface area contributed by atoms with Crippen molar-refractivity contribution in [3.05, 3.63) is 64.7 Å². The van der Waals surface area contributed by atoms with Crippen molar-refractivity contribution in [2.75, 3.05) is 31.1 Å². The number of carbonyl (C=O) groups excluding carboxylic acids is 1. The van der Waals surface area contributed by atoms with Crippen LogP contribution in [0.1, 0.15) is 53.5 Å². The Balaban J connectivity index is 1.21. The zero-order valence-electron chi connectivity index (χ0n) is 17.2. The predicted octanol–water partition coefficient (Wildman–Crippen LogP) is 3.61. The molecule has 0 aromatic heterocycles. The standard InChI is InChI=1S/C25H30N2O2/c1-17-7-9-18(10-8-17)24(29)6-3-12-26-13-11-23-22(16-26)21-5-2-4-19-14-20(28)15-27(23)25(19)21/h2,4-5,7-10,22-24,29H,3,6,11-16H2,1H3/t22-,23-,24+/m0/s1. The lowest BCUT2D eigenvalue weighted by atomic mass is 9.88. The van der Waals surface area contributed by atoms with Crippen LogP contribution < -0.4 is 4.90 Å². The van der Waals surface area contributed by atoms with Gasteiger partial charge in [0.05, 0.1) is 12.6 Å². The van der Waals surface area contributed by atoms with Gasteiger partial charge in [-0.3, -0.25) is 4.79 Å². The summed E-state index contributed by atoms with van der Waals surface area (Å²) in [4.78, 5) is 17.2. The molecule has 1 saturated heterocycles. The van der Waals surface area contributed by atoms with Gasteiger partial charge in [0.15, 0.2) is 5.78 Å². The van der Waals surface area contributed by atoms with E-state index in [-0.39, 0.29) is 6.10 Å². The van der Waals surface area contributed by atoms with E-state index in [4.69, 9.17) is 0 Å². The third-order valence-electron chi connectivity index (χ3n) is 7.05. The van der Waals surface area contributed by atoms with Crippen molar-refractivity contribution >= 4 is 11.5 Å². The topological polar surface area (TPSA) is 43.8 Å². The highest BCUT2D eigenvalue weighted by molar-refractivity contribution is 5.92. The monoisotopic (exact) mass is 390 g/mol. The molecule has 152 valence electrons. The van der Waals surface area contributed by atoms with Crippen molar-refractivity contribution in [2.45, 2.75) is 50.7 Å². The molecule has 4 nitrogen and oxygen atoms in total. The molecule has 3 aliphatic heterocycles. The Bertz CT molecular complexity index is 908. The van der Waals surface area contributed by atoms with Crippen LogP contribution in [0, 0.1) is 6.92 Å². The van der Waals surface area contributed by atoms with Crippen LogP contribution >= 0.6 is 0 Å². The first-order valence-corrected chi connectivity index (χ1v) is 11.0. The molecular weight excluding hydrogens is 360 g/mol. The van der Waals surface area contributed by atoms with Gasteiger partial charge in [-0.2, -0.15) is 0 Å². The Kier molecular flexibility index (Phi) is 4.92. The lowest BCUT2D eigenvalue weighted by Crippen LogP contribution is -2.48. The van der Waals surface area contributed by atoms with E-state index in [1.807, 2.05) is 12.1 Å². The van der Waals surface area contributed by atoms with Gasteiger partial charge >= 0.3 is 0 Å². The Morgan fingerprint density at radius 1 is 1.17 bits per heavy atom. The third kappa shape index (κ3) is 3.49. The van der Waals surface area contributed by atoms with Gasteiger partial charge < -0.3 is 14.9 Å². The number of fused-ring (bicyclic) bond motifs is 3. The van der Waals surface area contributed by atoms with Crippen LogP contribution in [0.3, 0.4) is 0 Å². The second-order valence-corrected chi connectivity index (χ2v) is 9.03. The summed E-state index contributed by atoms with van der Waals surface area (Å²) in [6, 6.07) is 15.2. The van der Waals surface area contributed by atoms with Crippen LogP contribution in [0.15, 0.2) is 42.5 Å². The zero-order valence-corrected chi connectivity index (χ0v) is 17.2. The van der Waals surface area contributed by atoms with E-state index in [2.05, 4.69) is 47.1 Å². The summed E-state index contributed by atoms with van der Waals surface area (Å²) in [6.07, 6.45) is 3.14. The molecule has 3 atom stereocenters. The smallest absolute Gasteiger partial charge is 0.156 e. The molecule has 3 heterocycles. The number of aryl methyl sites for hydroxylation is 1. The van der Waals surface area contributed by atoms with Gasteiger partial charge in [0.25, 0.3) is 0 Å². The molecule has 0 amide bonds. The minimum atomic E-state index is -0.376. The summed E-state index contributed by atoms with van der Waals surface area (Å²) in [5, 5.41) is 10.5. The molecule has 29 heavy (non-hydrogen) atoms. The first-order chi connectivity index (χ1) is 14.1. The number of piperidine rings is 1. The highest BCUT2D eigenvalue weighted by atomic mass is 16.3. The van der Waals surface area contributed by atoms with Gasteiger partial charge in [0.1, 0.15) is 0 Å². The fourth-order valence-electron chi connectivity index (χ4n) is 5.58. The summed E-state index contributed by atoms with van der Waals surface area (Å²) in [6.45, 7) is 5.83. The number of carbonyl (C=O) groups is 1. The highest BCUT2D eigenvalue weighted by Gasteiger charge is 2.44. The minimum Gasteiger partial charge on any atom is -0.388 e. The molecule has 1 fully saturated rings. The van der Waals surface area contributed by atoms with Gasteiger partial charge in [-0.15, -0.1) is 0 Å². The maximum absolute atomic E-state index is 12.2. The molecule has 0 radical (unpaired) electrons. The number of nitrogens with zero attached hydrogens (tertiary/aromatic N) is 2. The SMILES string of the molecule is Cc1ccc([C@H](O)CCCN2CC[C@H]3[C@@H](C2)c2cccc4c2N3CC(=O)C4)cc1. The minimum absolute atomic E-state index is 0.350. The van der Waals surface area contributed by atoms with E-state index in [1.165, 1.54) is 22.4 Å². The predicted molar refractivity (Wildman–Crippen MR) is 115 cm³/mol. The zero-order chi connectivity index (χ0) is 20.0. The Morgan fingerprint density at radius 2 is 2.00 bits per heavy atom. The molecule has 0 saturated carbocycles. The van der Waals surface area contributed by atoms with Gasteiger partial charge in [-0.25, -0.2) is 0 Å². The number of Topliss-reactive ketones (excluding diaryl/α,β-unsaturated/α-hetero) is 1. The Morgan fingerprint density at radius 3 is 2.83 bits per heavy atom. The molecule has 2 aromatic carbocycles. The van der Waals surface area contributed by atoms with Crippen molar-refractivity contribution in [2.24, 2.45) is 0 Å². The van der Waals surface area contributed by atoms with E-state index in [0.29, 0.717) is 30.7 Å². The number of aliphatic hydroxyl groups is 1.